The Balaban J connectivity index is 1.78. The van der Waals surface area contributed by atoms with Crippen LogP contribution in [0.2, 0.25) is 0 Å². The zero-order valence-electron chi connectivity index (χ0n) is 11.7. The van der Waals surface area contributed by atoms with Crippen molar-refractivity contribution >= 4 is 21.4 Å². The fraction of sp³-hybridized carbons (Fsp3) is 0.400. The van der Waals surface area contributed by atoms with Crippen LogP contribution in [0.15, 0.2) is 34.7 Å². The molecule has 0 saturated carbocycles. The Morgan fingerprint density at radius 3 is 2.38 bits per heavy atom. The zero-order valence-corrected chi connectivity index (χ0v) is 13.3. The predicted molar refractivity (Wildman–Crippen MR) is 81.7 cm³/mol. The van der Waals surface area contributed by atoms with Crippen LogP contribution >= 0.6 is 11.3 Å². The third-order valence-corrected chi connectivity index (χ3v) is 7.90. The SMILES string of the molecule is CCc1ncc(S(=O)(=O)N2C3CCC2c2ccccc23)s1. The van der Waals surface area contributed by atoms with Gasteiger partial charge in [-0.15, -0.1) is 11.3 Å². The average molecular weight is 320 g/mol. The summed E-state index contributed by atoms with van der Waals surface area (Å²) in [5.41, 5.74) is 2.36. The van der Waals surface area contributed by atoms with Crippen molar-refractivity contribution in [2.75, 3.05) is 0 Å². The third-order valence-electron chi connectivity index (χ3n) is 4.41. The van der Waals surface area contributed by atoms with E-state index in [-0.39, 0.29) is 12.1 Å². The molecule has 3 heterocycles. The van der Waals surface area contributed by atoms with E-state index in [4.69, 9.17) is 0 Å². The molecule has 2 aliphatic rings. The van der Waals surface area contributed by atoms with Gasteiger partial charge in [0.15, 0.2) is 4.21 Å². The van der Waals surface area contributed by atoms with Crippen LogP contribution in [0.3, 0.4) is 0 Å². The van der Waals surface area contributed by atoms with Gasteiger partial charge in [-0.25, -0.2) is 13.4 Å². The molecule has 2 aromatic rings. The molecule has 2 atom stereocenters. The van der Waals surface area contributed by atoms with Gasteiger partial charge in [-0.1, -0.05) is 31.2 Å². The summed E-state index contributed by atoms with van der Waals surface area (Å²) in [6.45, 7) is 1.99. The molecular formula is C15H16N2O2S2. The summed E-state index contributed by atoms with van der Waals surface area (Å²) in [7, 11) is -3.44. The number of benzene rings is 1. The fourth-order valence-corrected chi connectivity index (χ4v) is 6.56. The monoisotopic (exact) mass is 320 g/mol. The molecule has 0 radical (unpaired) electrons. The van der Waals surface area contributed by atoms with E-state index in [1.165, 1.54) is 28.7 Å². The standard InChI is InChI=1S/C15H16N2O2S2/c1-2-14-16-9-15(20-14)21(18,19)17-12-7-8-13(17)11-6-4-3-5-10(11)12/h3-6,9,12-13H,2,7-8H2,1H3. The molecule has 2 bridgehead atoms. The third kappa shape index (κ3) is 1.82. The molecule has 4 nitrogen and oxygen atoms in total. The first-order chi connectivity index (χ1) is 10.1. The number of nitrogens with zero attached hydrogens (tertiary/aromatic N) is 2. The number of aromatic nitrogens is 1. The molecule has 6 heteroatoms. The van der Waals surface area contributed by atoms with Crippen LogP contribution in [0.4, 0.5) is 0 Å². The largest absolute Gasteiger partial charge is 0.255 e. The molecule has 1 aromatic carbocycles. The molecule has 0 N–H and O–H groups in total. The van der Waals surface area contributed by atoms with Crippen LogP contribution in [0.1, 0.15) is 48.0 Å². The highest BCUT2D eigenvalue weighted by Crippen LogP contribution is 2.55. The molecular weight excluding hydrogens is 304 g/mol. The molecule has 2 unspecified atom stereocenters. The topological polar surface area (TPSA) is 50.3 Å². The molecule has 1 fully saturated rings. The second-order valence-electron chi connectivity index (χ2n) is 5.50. The Labute approximate surface area is 128 Å². The lowest BCUT2D eigenvalue weighted by molar-refractivity contribution is 0.367. The first-order valence-electron chi connectivity index (χ1n) is 7.20. The van der Waals surface area contributed by atoms with Crippen LogP contribution < -0.4 is 0 Å². The summed E-state index contributed by atoms with van der Waals surface area (Å²) in [6.07, 6.45) is 4.12. The van der Waals surface area contributed by atoms with Crippen molar-refractivity contribution in [1.29, 1.82) is 0 Å². The fourth-order valence-electron chi connectivity index (χ4n) is 3.51. The maximum atomic E-state index is 13.0. The minimum Gasteiger partial charge on any atom is -0.248 e. The van der Waals surface area contributed by atoms with Crippen molar-refractivity contribution in [3.8, 4) is 0 Å². The summed E-state index contributed by atoms with van der Waals surface area (Å²) >= 11 is 1.30. The molecule has 110 valence electrons. The highest BCUT2D eigenvalue weighted by Gasteiger charge is 2.50. The van der Waals surface area contributed by atoms with Crippen LogP contribution in [0.5, 0.6) is 0 Å². The van der Waals surface area contributed by atoms with Crippen LogP contribution in [0, 0.1) is 0 Å². The molecule has 21 heavy (non-hydrogen) atoms. The van der Waals surface area contributed by atoms with Crippen molar-refractivity contribution < 1.29 is 8.42 Å². The van der Waals surface area contributed by atoms with Crippen molar-refractivity contribution in [1.82, 2.24) is 9.29 Å². The summed E-state index contributed by atoms with van der Waals surface area (Å²) in [6, 6.07) is 8.11. The Morgan fingerprint density at radius 2 is 1.86 bits per heavy atom. The quantitative estimate of drug-likeness (QED) is 0.872. The summed E-state index contributed by atoms with van der Waals surface area (Å²) in [5, 5.41) is 0.873. The van der Waals surface area contributed by atoms with E-state index in [0.29, 0.717) is 4.21 Å². The number of thiazole rings is 1. The molecule has 2 aliphatic heterocycles. The second kappa shape index (κ2) is 4.63. The lowest BCUT2D eigenvalue weighted by atomic mass is 9.92. The minimum absolute atomic E-state index is 0.00313. The highest BCUT2D eigenvalue weighted by atomic mass is 32.2. The molecule has 1 aromatic heterocycles. The Morgan fingerprint density at radius 1 is 1.24 bits per heavy atom. The van der Waals surface area contributed by atoms with Crippen LogP contribution in [0.25, 0.3) is 0 Å². The van der Waals surface area contributed by atoms with Gasteiger partial charge in [-0.2, -0.15) is 4.31 Å². The number of hydrogen-bond donors (Lipinski definition) is 0. The van der Waals surface area contributed by atoms with Crippen molar-refractivity contribution in [3.05, 3.63) is 46.6 Å². The van der Waals surface area contributed by atoms with E-state index in [2.05, 4.69) is 17.1 Å². The van der Waals surface area contributed by atoms with Crippen LogP contribution in [-0.4, -0.2) is 17.7 Å². The number of hydrogen-bond acceptors (Lipinski definition) is 4. The van der Waals surface area contributed by atoms with Gasteiger partial charge in [-0.05, 0) is 30.4 Å². The van der Waals surface area contributed by atoms with Gasteiger partial charge in [0.2, 0.25) is 0 Å². The summed E-state index contributed by atoms with van der Waals surface area (Å²) < 4.78 is 28.1. The lowest BCUT2D eigenvalue weighted by Gasteiger charge is -2.20. The van der Waals surface area contributed by atoms with Crippen molar-refractivity contribution in [2.24, 2.45) is 0 Å². The normalized spacial score (nSPS) is 24.4. The van der Waals surface area contributed by atoms with E-state index < -0.39 is 10.0 Å². The van der Waals surface area contributed by atoms with E-state index >= 15 is 0 Å². The summed E-state index contributed by atoms with van der Waals surface area (Å²) in [5.74, 6) is 0. The van der Waals surface area contributed by atoms with Gasteiger partial charge < -0.3 is 0 Å². The Hall–Kier alpha value is -1.24. The average Bonchev–Trinajstić information content (AvgIpc) is 3.21. The maximum Gasteiger partial charge on any atom is 0.255 e. The second-order valence-corrected chi connectivity index (χ2v) is 8.68. The first kappa shape index (κ1) is 13.4. The smallest absolute Gasteiger partial charge is 0.248 e. The Kier molecular flexibility index (Phi) is 2.96. The minimum atomic E-state index is -3.44. The molecule has 0 aliphatic carbocycles. The lowest BCUT2D eigenvalue weighted by Crippen LogP contribution is -2.27. The molecule has 0 spiro atoms. The van der Waals surface area contributed by atoms with E-state index in [1.807, 2.05) is 19.1 Å². The summed E-state index contributed by atoms with van der Waals surface area (Å²) in [4.78, 5) is 4.20. The molecule has 0 amide bonds. The highest BCUT2D eigenvalue weighted by molar-refractivity contribution is 7.91. The van der Waals surface area contributed by atoms with E-state index in [9.17, 15) is 8.42 Å². The van der Waals surface area contributed by atoms with Gasteiger partial charge in [0, 0.05) is 0 Å². The van der Waals surface area contributed by atoms with Gasteiger partial charge in [0.1, 0.15) is 0 Å². The van der Waals surface area contributed by atoms with Crippen molar-refractivity contribution in [3.63, 3.8) is 0 Å². The molecule has 4 rings (SSSR count). The molecule has 1 saturated heterocycles. The Bertz CT molecular complexity index is 767. The predicted octanol–water partition coefficient (Wildman–Crippen LogP) is 3.29. The van der Waals surface area contributed by atoms with Gasteiger partial charge in [0.05, 0.1) is 23.3 Å². The number of fused-ring (bicyclic) bond motifs is 5. The van der Waals surface area contributed by atoms with E-state index in [0.717, 1.165) is 24.3 Å². The number of rotatable bonds is 3. The number of sulfonamides is 1. The first-order valence-corrected chi connectivity index (χ1v) is 9.45. The van der Waals surface area contributed by atoms with Gasteiger partial charge >= 0.3 is 0 Å². The van der Waals surface area contributed by atoms with E-state index in [1.54, 1.807) is 4.31 Å². The zero-order chi connectivity index (χ0) is 14.6. The maximum absolute atomic E-state index is 13.0. The van der Waals surface area contributed by atoms with Gasteiger partial charge in [-0.3, -0.25) is 0 Å². The van der Waals surface area contributed by atoms with Crippen molar-refractivity contribution in [2.45, 2.75) is 42.5 Å². The van der Waals surface area contributed by atoms with Gasteiger partial charge in [0.25, 0.3) is 10.0 Å². The van der Waals surface area contributed by atoms with Crippen LogP contribution in [-0.2, 0) is 16.4 Å². The number of aryl methyl sites for hydroxylation is 1.